The molecule has 7 nitrogen and oxygen atoms in total. The van der Waals surface area contributed by atoms with E-state index in [-0.39, 0.29) is 18.3 Å². The van der Waals surface area contributed by atoms with Crippen molar-refractivity contribution in [2.45, 2.75) is 64.0 Å². The van der Waals surface area contributed by atoms with Crippen molar-refractivity contribution in [3.8, 4) is 5.75 Å². The summed E-state index contributed by atoms with van der Waals surface area (Å²) in [7, 11) is 0. The molecule has 272 valence electrons. The molecule has 2 unspecified atom stereocenters. The average molecular weight is 735 g/mol. The van der Waals surface area contributed by atoms with Crippen molar-refractivity contribution in [1.82, 2.24) is 25.3 Å². The third kappa shape index (κ3) is 8.95. The Balaban J connectivity index is 1.49. The third-order valence-electron chi connectivity index (χ3n) is 9.56. The maximum atomic E-state index is 15.0. The fourth-order valence-electron chi connectivity index (χ4n) is 7.14. The molecule has 5 rings (SSSR count). The number of hydrogen-bond acceptors (Lipinski definition) is 6. The van der Waals surface area contributed by atoms with E-state index in [0.717, 1.165) is 68.7 Å². The Kier molecular flexibility index (Phi) is 13.1. The van der Waals surface area contributed by atoms with Gasteiger partial charge >= 0.3 is 6.18 Å². The largest absolute Gasteiger partial charge is 0.493 e. The number of hydrogen-bond donors (Lipinski definition) is 2. The second-order valence-corrected chi connectivity index (χ2v) is 13.9. The minimum atomic E-state index is -4.59. The summed E-state index contributed by atoms with van der Waals surface area (Å²) < 4.78 is 47.7. The number of amides is 1. The van der Waals surface area contributed by atoms with Gasteiger partial charge in [0.25, 0.3) is 5.91 Å². The molecule has 0 aliphatic carbocycles. The van der Waals surface area contributed by atoms with Crippen LogP contribution in [0.5, 0.6) is 5.75 Å². The zero-order chi connectivity index (χ0) is 35.9. The van der Waals surface area contributed by atoms with Gasteiger partial charge in [-0.25, -0.2) is 0 Å². The predicted octanol–water partition coefficient (Wildman–Crippen LogP) is 7.90. The summed E-state index contributed by atoms with van der Waals surface area (Å²) in [4.78, 5) is 21.7. The fraction of sp³-hybridized carbons (Fsp3) is 0.500. The van der Waals surface area contributed by atoms with Crippen LogP contribution in [0.2, 0.25) is 10.0 Å². The predicted molar refractivity (Wildman–Crippen MR) is 194 cm³/mol. The average Bonchev–Trinajstić information content (AvgIpc) is 3.50. The van der Waals surface area contributed by atoms with Crippen molar-refractivity contribution in [2.75, 3.05) is 59.0 Å². The molecular weight excluding hydrogens is 686 g/mol. The van der Waals surface area contributed by atoms with Crippen LogP contribution in [0, 0.1) is 0 Å². The smallest absolute Gasteiger partial charge is 0.416 e. The molecule has 2 N–H and O–H groups in total. The summed E-state index contributed by atoms with van der Waals surface area (Å²) in [6.45, 7) is 12.8. The van der Waals surface area contributed by atoms with Crippen molar-refractivity contribution in [3.05, 3.63) is 99.0 Å². The number of ether oxygens (including phenoxy) is 1. The third-order valence-corrected chi connectivity index (χ3v) is 10.1. The number of rotatable bonds is 14. The Bertz CT molecular complexity index is 1490. The van der Waals surface area contributed by atoms with Crippen molar-refractivity contribution in [1.29, 1.82) is 0 Å². The lowest BCUT2D eigenvalue weighted by molar-refractivity contribution is -0.141. The van der Waals surface area contributed by atoms with Gasteiger partial charge in [0.2, 0.25) is 0 Å². The molecule has 0 bridgehead atoms. The van der Waals surface area contributed by atoms with Crippen molar-refractivity contribution in [3.63, 3.8) is 0 Å². The van der Waals surface area contributed by atoms with E-state index in [1.54, 1.807) is 31.2 Å². The highest BCUT2D eigenvalue weighted by Gasteiger charge is 2.54. The molecule has 2 aliphatic heterocycles. The number of carbonyl (C=O) groups is 1. The van der Waals surface area contributed by atoms with Crippen LogP contribution in [0.3, 0.4) is 0 Å². The molecule has 3 aromatic carbocycles. The summed E-state index contributed by atoms with van der Waals surface area (Å²) in [5.41, 5.74) is -0.467. The molecule has 2 atom stereocenters. The number of benzene rings is 3. The lowest BCUT2D eigenvalue weighted by Crippen LogP contribution is -2.62. The number of piperazine rings is 1. The van der Waals surface area contributed by atoms with Gasteiger partial charge in [-0.2, -0.15) is 13.2 Å². The van der Waals surface area contributed by atoms with Gasteiger partial charge in [0.05, 0.1) is 24.3 Å². The molecule has 2 fully saturated rings. The quantitative estimate of drug-likeness (QED) is 0.176. The molecule has 0 radical (unpaired) electrons. The fourth-order valence-corrected chi connectivity index (χ4v) is 7.39. The van der Waals surface area contributed by atoms with Gasteiger partial charge < -0.3 is 14.5 Å². The van der Waals surface area contributed by atoms with Gasteiger partial charge in [0.1, 0.15) is 5.75 Å². The van der Waals surface area contributed by atoms with Crippen LogP contribution in [-0.4, -0.2) is 79.6 Å². The van der Waals surface area contributed by atoms with E-state index in [9.17, 15) is 13.2 Å². The van der Waals surface area contributed by atoms with Crippen molar-refractivity contribution < 1.29 is 22.7 Å². The minimum Gasteiger partial charge on any atom is -0.493 e. The lowest BCUT2D eigenvalue weighted by Gasteiger charge is -2.41. The molecule has 2 heterocycles. The highest BCUT2D eigenvalue weighted by molar-refractivity contribution is 6.30. The van der Waals surface area contributed by atoms with E-state index in [1.807, 2.05) is 29.2 Å². The molecule has 0 spiro atoms. The number of nitrogens with one attached hydrogen (secondary N) is 2. The van der Waals surface area contributed by atoms with Gasteiger partial charge in [-0.1, -0.05) is 67.4 Å². The highest BCUT2D eigenvalue weighted by Crippen LogP contribution is 2.46. The van der Waals surface area contributed by atoms with Crippen LogP contribution < -0.4 is 15.4 Å². The maximum absolute atomic E-state index is 15.0. The summed E-state index contributed by atoms with van der Waals surface area (Å²) in [6.07, 6.45) is -1.27. The molecule has 2 aliphatic rings. The van der Waals surface area contributed by atoms with E-state index in [2.05, 4.69) is 34.3 Å². The Hall–Kier alpha value is -2.86. The number of halogens is 5. The first-order valence-electron chi connectivity index (χ1n) is 17.6. The highest BCUT2D eigenvalue weighted by atomic mass is 35.5. The van der Waals surface area contributed by atoms with Crippen molar-refractivity contribution in [2.24, 2.45) is 0 Å². The zero-order valence-electron chi connectivity index (χ0n) is 29.0. The van der Waals surface area contributed by atoms with Gasteiger partial charge in [-0.15, -0.1) is 0 Å². The van der Waals surface area contributed by atoms with Crippen LogP contribution in [0.15, 0.2) is 66.7 Å². The Morgan fingerprint density at radius 3 is 1.86 bits per heavy atom. The van der Waals surface area contributed by atoms with Crippen LogP contribution in [0.25, 0.3) is 0 Å². The monoisotopic (exact) mass is 733 g/mol. The van der Waals surface area contributed by atoms with E-state index in [1.165, 1.54) is 6.07 Å². The van der Waals surface area contributed by atoms with Crippen molar-refractivity contribution >= 4 is 29.1 Å². The first-order chi connectivity index (χ1) is 24.0. The maximum Gasteiger partial charge on any atom is 0.416 e. The van der Waals surface area contributed by atoms with Gasteiger partial charge in [0, 0.05) is 41.8 Å². The van der Waals surface area contributed by atoms with Crippen LogP contribution in [-0.2, 0) is 16.6 Å². The minimum absolute atomic E-state index is 0.00960. The molecule has 12 heteroatoms. The van der Waals surface area contributed by atoms with Crippen LogP contribution in [0.1, 0.15) is 74.4 Å². The molecule has 2 saturated heterocycles. The van der Waals surface area contributed by atoms with E-state index in [4.69, 9.17) is 27.9 Å². The first-order valence-corrected chi connectivity index (χ1v) is 18.4. The van der Waals surface area contributed by atoms with Gasteiger partial charge in [0.15, 0.2) is 5.66 Å². The molecule has 50 heavy (non-hydrogen) atoms. The van der Waals surface area contributed by atoms with Crippen LogP contribution in [0.4, 0.5) is 13.2 Å². The lowest BCUT2D eigenvalue weighted by atomic mass is 9.94. The zero-order valence-corrected chi connectivity index (χ0v) is 30.6. The SMILES string of the molecule is CCCN(CCC)CCCN1CCN(C(=O)C2(c3ccc(C(F)(F)F)cc3OCC)NC(c3ccc(Cl)cc3)C(c3ccc(Cl)cc3)N2)CC1. The number of carbonyl (C=O) groups excluding carboxylic acids is 1. The Morgan fingerprint density at radius 2 is 1.38 bits per heavy atom. The first kappa shape index (κ1) is 38.4. The van der Waals surface area contributed by atoms with E-state index in [0.29, 0.717) is 41.8 Å². The van der Waals surface area contributed by atoms with Gasteiger partial charge in [-0.05, 0) is 99.9 Å². The van der Waals surface area contributed by atoms with E-state index >= 15 is 4.79 Å². The second-order valence-electron chi connectivity index (χ2n) is 13.1. The Labute approximate surface area is 304 Å². The summed E-state index contributed by atoms with van der Waals surface area (Å²) in [6, 6.07) is 17.1. The molecule has 3 aromatic rings. The molecule has 0 aromatic heterocycles. The molecule has 1 amide bonds. The van der Waals surface area contributed by atoms with Crippen LogP contribution >= 0.6 is 23.2 Å². The van der Waals surface area contributed by atoms with Gasteiger partial charge in [-0.3, -0.25) is 20.3 Å². The molecule has 0 saturated carbocycles. The summed E-state index contributed by atoms with van der Waals surface area (Å²) >= 11 is 12.5. The number of alkyl halides is 3. The van der Waals surface area contributed by atoms with E-state index < -0.39 is 29.5 Å². The normalized spacial score (nSPS) is 21.6. The summed E-state index contributed by atoms with van der Waals surface area (Å²) in [5, 5.41) is 8.32. The number of nitrogens with zero attached hydrogens (tertiary/aromatic N) is 3. The Morgan fingerprint density at radius 1 is 0.840 bits per heavy atom. The standard InChI is InChI=1S/C38H48Cl2F3N5O2/c1-4-18-46(19-5-2)20-7-21-47-22-24-48(25-23-47)36(49)37(32-17-12-29(38(41,42)43)26-33(32)50-6-3)44-34(27-8-13-30(39)14-9-27)35(45-37)28-10-15-31(40)16-11-28/h8-17,26,34-35,44-45H,4-7,18-25H2,1-3H3. The second kappa shape index (κ2) is 17.1. The summed E-state index contributed by atoms with van der Waals surface area (Å²) in [5.74, 6) is -0.282. The molecular formula is C38H48Cl2F3N5O2. The topological polar surface area (TPSA) is 60.1 Å².